The van der Waals surface area contributed by atoms with E-state index in [2.05, 4.69) is 18.9 Å². The van der Waals surface area contributed by atoms with Crippen LogP contribution in [0.4, 0.5) is 0 Å². The second-order valence-corrected chi connectivity index (χ2v) is 4.85. The number of nitrogens with zero attached hydrogens (tertiary/aromatic N) is 2. The maximum Gasteiger partial charge on any atom is 0.162 e. The number of hydrogen-bond acceptors (Lipinski definition) is 3. The Bertz CT molecular complexity index is 347. The van der Waals surface area contributed by atoms with Gasteiger partial charge >= 0.3 is 0 Å². The number of aromatic nitrogens is 2. The molecular weight excluding hydrogens is 216 g/mol. The Morgan fingerprint density at radius 3 is 2.53 bits per heavy atom. The van der Waals surface area contributed by atoms with E-state index in [1.54, 1.807) is 13.3 Å². The molecule has 0 aliphatic rings. The summed E-state index contributed by atoms with van der Waals surface area (Å²) in [4.78, 5) is 0. The van der Waals surface area contributed by atoms with Crippen LogP contribution in [0.25, 0.3) is 0 Å². The van der Waals surface area contributed by atoms with E-state index >= 15 is 0 Å². The molecule has 2 unspecified atom stereocenters. The summed E-state index contributed by atoms with van der Waals surface area (Å²) < 4.78 is 7.13. The summed E-state index contributed by atoms with van der Waals surface area (Å²) >= 11 is 0. The van der Waals surface area contributed by atoms with E-state index < -0.39 is 6.10 Å². The monoisotopic (exact) mass is 240 g/mol. The van der Waals surface area contributed by atoms with Crippen molar-refractivity contribution in [3.63, 3.8) is 0 Å². The van der Waals surface area contributed by atoms with Gasteiger partial charge in [-0.1, -0.05) is 20.3 Å². The molecule has 1 aromatic heterocycles. The number of hydrogen-bond donors (Lipinski definition) is 1. The van der Waals surface area contributed by atoms with Crippen LogP contribution in [0, 0.1) is 5.92 Å². The van der Waals surface area contributed by atoms with Gasteiger partial charge in [-0.25, -0.2) is 0 Å². The molecule has 4 nitrogen and oxygen atoms in total. The van der Waals surface area contributed by atoms with Crippen molar-refractivity contribution in [1.82, 2.24) is 9.78 Å². The zero-order chi connectivity index (χ0) is 13.0. The Labute approximate surface area is 104 Å². The summed E-state index contributed by atoms with van der Waals surface area (Å²) in [6.45, 7) is 8.28. The first-order valence-corrected chi connectivity index (χ1v) is 6.32. The second kappa shape index (κ2) is 6.05. The molecule has 17 heavy (non-hydrogen) atoms. The summed E-state index contributed by atoms with van der Waals surface area (Å²) in [6, 6.07) is 0.220. The first kappa shape index (κ1) is 14.0. The van der Waals surface area contributed by atoms with E-state index in [0.29, 0.717) is 5.75 Å². The third-order valence-electron chi connectivity index (χ3n) is 3.07. The molecule has 0 aromatic carbocycles. The van der Waals surface area contributed by atoms with Gasteiger partial charge in [0, 0.05) is 6.04 Å². The van der Waals surface area contributed by atoms with Gasteiger partial charge in [0.2, 0.25) is 0 Å². The molecular formula is C13H24N2O2. The van der Waals surface area contributed by atoms with Crippen LogP contribution in [0.5, 0.6) is 5.75 Å². The van der Waals surface area contributed by atoms with Crippen molar-refractivity contribution in [3.05, 3.63) is 11.9 Å². The highest BCUT2D eigenvalue weighted by Crippen LogP contribution is 2.33. The predicted octanol–water partition coefficient (Wildman–Crippen LogP) is 2.94. The highest BCUT2D eigenvalue weighted by molar-refractivity contribution is 5.28. The Kier molecular flexibility index (Phi) is 5.00. The van der Waals surface area contributed by atoms with Gasteiger partial charge in [0.05, 0.1) is 13.3 Å². The first-order chi connectivity index (χ1) is 8.02. The second-order valence-electron chi connectivity index (χ2n) is 4.85. The number of methoxy groups -OCH3 is 1. The molecule has 1 N–H and O–H groups in total. The normalized spacial score (nSPS) is 15.0. The smallest absolute Gasteiger partial charge is 0.162 e. The average molecular weight is 240 g/mol. The zero-order valence-corrected chi connectivity index (χ0v) is 11.5. The number of aliphatic hydroxyl groups is 1. The highest BCUT2D eigenvalue weighted by atomic mass is 16.5. The van der Waals surface area contributed by atoms with E-state index in [1.165, 1.54) is 0 Å². The minimum Gasteiger partial charge on any atom is -0.493 e. The fraction of sp³-hybridized carbons (Fsp3) is 0.769. The van der Waals surface area contributed by atoms with E-state index in [9.17, 15) is 5.11 Å². The van der Waals surface area contributed by atoms with Crippen LogP contribution in [0.2, 0.25) is 0 Å². The minimum absolute atomic E-state index is 0.211. The number of aliphatic hydroxyl groups excluding tert-OH is 1. The molecule has 0 bridgehead atoms. The summed E-state index contributed by atoms with van der Waals surface area (Å²) in [5.41, 5.74) is 0.795. The van der Waals surface area contributed by atoms with Gasteiger partial charge < -0.3 is 9.84 Å². The fourth-order valence-corrected chi connectivity index (χ4v) is 2.09. The lowest BCUT2D eigenvalue weighted by Gasteiger charge is -2.22. The molecule has 0 saturated heterocycles. The average Bonchev–Trinajstić information content (AvgIpc) is 2.71. The largest absolute Gasteiger partial charge is 0.493 e. The Morgan fingerprint density at radius 2 is 2.06 bits per heavy atom. The molecule has 1 heterocycles. The molecule has 0 aliphatic heterocycles. The zero-order valence-electron chi connectivity index (χ0n) is 11.5. The lowest BCUT2D eigenvalue weighted by atomic mass is 9.96. The van der Waals surface area contributed by atoms with E-state index in [4.69, 9.17) is 4.74 Å². The topological polar surface area (TPSA) is 47.3 Å². The van der Waals surface area contributed by atoms with Gasteiger partial charge in [0.25, 0.3) is 0 Å². The summed E-state index contributed by atoms with van der Waals surface area (Å²) in [6.07, 6.45) is 3.22. The van der Waals surface area contributed by atoms with Crippen molar-refractivity contribution < 1.29 is 9.84 Å². The molecule has 0 fully saturated rings. The summed E-state index contributed by atoms with van der Waals surface area (Å²) in [5.74, 6) is 0.886. The molecule has 0 spiro atoms. The van der Waals surface area contributed by atoms with E-state index in [0.717, 1.165) is 18.5 Å². The van der Waals surface area contributed by atoms with Gasteiger partial charge in [-0.3, -0.25) is 4.68 Å². The van der Waals surface area contributed by atoms with Crippen molar-refractivity contribution in [2.75, 3.05) is 7.11 Å². The van der Waals surface area contributed by atoms with Gasteiger partial charge in [-0.05, 0) is 26.2 Å². The Morgan fingerprint density at radius 1 is 1.41 bits per heavy atom. The third kappa shape index (κ3) is 3.00. The van der Waals surface area contributed by atoms with Crippen LogP contribution >= 0.6 is 0 Å². The maximum atomic E-state index is 10.4. The van der Waals surface area contributed by atoms with Gasteiger partial charge in [0.1, 0.15) is 11.8 Å². The van der Waals surface area contributed by atoms with Crippen molar-refractivity contribution in [2.45, 2.75) is 52.7 Å². The molecule has 0 aliphatic carbocycles. The lowest BCUT2D eigenvalue weighted by Crippen LogP contribution is -2.17. The Balaban J connectivity index is 3.04. The number of ether oxygens (including phenoxy) is 1. The molecule has 0 radical (unpaired) electrons. The number of rotatable bonds is 6. The van der Waals surface area contributed by atoms with Crippen LogP contribution < -0.4 is 4.74 Å². The van der Waals surface area contributed by atoms with Gasteiger partial charge in [-0.15, -0.1) is 0 Å². The van der Waals surface area contributed by atoms with Crippen LogP contribution in [0.15, 0.2) is 6.20 Å². The van der Waals surface area contributed by atoms with Crippen molar-refractivity contribution in [1.29, 1.82) is 0 Å². The molecule has 0 saturated carbocycles. The van der Waals surface area contributed by atoms with E-state index in [1.807, 2.05) is 18.5 Å². The Hall–Kier alpha value is -1.03. The summed E-state index contributed by atoms with van der Waals surface area (Å²) in [7, 11) is 1.61. The minimum atomic E-state index is -0.519. The summed E-state index contributed by atoms with van der Waals surface area (Å²) in [5, 5.41) is 14.7. The molecule has 4 heteroatoms. The van der Waals surface area contributed by atoms with Crippen LogP contribution in [0.1, 0.15) is 58.4 Å². The molecule has 1 rings (SSSR count). The maximum absolute atomic E-state index is 10.4. The standard InChI is InChI=1S/C13H24N2O2/c1-6-7-10(4)13(16)12-11(17-5)8-14-15(12)9(2)3/h8-10,13,16H,6-7H2,1-5H3. The SMILES string of the molecule is CCCC(C)C(O)c1c(OC)cnn1C(C)C. The first-order valence-electron chi connectivity index (χ1n) is 6.32. The van der Waals surface area contributed by atoms with Crippen LogP contribution in [-0.2, 0) is 0 Å². The molecule has 1 aromatic rings. The highest BCUT2D eigenvalue weighted by Gasteiger charge is 2.25. The van der Waals surface area contributed by atoms with Crippen molar-refractivity contribution in [3.8, 4) is 5.75 Å². The van der Waals surface area contributed by atoms with Crippen molar-refractivity contribution in [2.24, 2.45) is 5.92 Å². The molecule has 2 atom stereocenters. The van der Waals surface area contributed by atoms with Crippen molar-refractivity contribution >= 4 is 0 Å². The van der Waals surface area contributed by atoms with Crippen LogP contribution in [0.3, 0.4) is 0 Å². The quantitative estimate of drug-likeness (QED) is 0.831. The molecule has 0 amide bonds. The fourth-order valence-electron chi connectivity index (χ4n) is 2.09. The molecule has 98 valence electrons. The van der Waals surface area contributed by atoms with Gasteiger partial charge in [0.15, 0.2) is 5.75 Å². The lowest BCUT2D eigenvalue weighted by molar-refractivity contribution is 0.0983. The van der Waals surface area contributed by atoms with Crippen LogP contribution in [-0.4, -0.2) is 22.0 Å². The van der Waals surface area contributed by atoms with E-state index in [-0.39, 0.29) is 12.0 Å². The third-order valence-corrected chi connectivity index (χ3v) is 3.07. The van der Waals surface area contributed by atoms with Gasteiger partial charge in [-0.2, -0.15) is 5.10 Å². The predicted molar refractivity (Wildman–Crippen MR) is 68.2 cm³/mol.